The number of nitrogens with zero attached hydrogens (tertiary/aromatic N) is 1. The summed E-state index contributed by atoms with van der Waals surface area (Å²) in [5, 5.41) is 0. The molecule has 1 aromatic carbocycles. The third-order valence-electron chi connectivity index (χ3n) is 3.49. The highest BCUT2D eigenvalue weighted by Crippen LogP contribution is 2.34. The van der Waals surface area contributed by atoms with Crippen LogP contribution >= 0.6 is 12.4 Å². The van der Waals surface area contributed by atoms with Gasteiger partial charge in [0.15, 0.2) is 11.5 Å². The molecule has 1 fully saturated rings. The molecular weight excluding hydrogens is 316 g/mol. The normalized spacial score (nSPS) is 19.1. The van der Waals surface area contributed by atoms with Gasteiger partial charge in [-0.05, 0) is 25.0 Å². The molecule has 1 atom stereocenters. The van der Waals surface area contributed by atoms with Crippen molar-refractivity contribution < 1.29 is 17.9 Å². The minimum Gasteiger partial charge on any atom is -0.493 e. The van der Waals surface area contributed by atoms with Gasteiger partial charge in [0.05, 0.1) is 19.1 Å². The Kier molecular flexibility index (Phi) is 5.86. The topological polar surface area (TPSA) is 81.9 Å². The molecule has 1 heterocycles. The van der Waals surface area contributed by atoms with Crippen LogP contribution in [0.1, 0.15) is 12.0 Å². The maximum absolute atomic E-state index is 12.6. The number of hydrogen-bond donors (Lipinski definition) is 1. The van der Waals surface area contributed by atoms with Crippen molar-refractivity contribution in [2.75, 3.05) is 27.3 Å². The van der Waals surface area contributed by atoms with Crippen LogP contribution in [0.2, 0.25) is 0 Å². The Morgan fingerprint density at radius 3 is 2.29 bits per heavy atom. The van der Waals surface area contributed by atoms with E-state index < -0.39 is 10.0 Å². The summed E-state index contributed by atoms with van der Waals surface area (Å²) in [4.78, 5) is 0.240. The van der Waals surface area contributed by atoms with E-state index in [1.807, 2.05) is 0 Å². The molecule has 0 unspecified atom stereocenters. The molecule has 120 valence electrons. The van der Waals surface area contributed by atoms with Crippen molar-refractivity contribution in [2.45, 2.75) is 24.3 Å². The van der Waals surface area contributed by atoms with Gasteiger partial charge in [0.25, 0.3) is 0 Å². The molecule has 0 saturated carbocycles. The van der Waals surface area contributed by atoms with Crippen molar-refractivity contribution in [2.24, 2.45) is 5.73 Å². The summed E-state index contributed by atoms with van der Waals surface area (Å²) in [5.74, 6) is 0.919. The number of ether oxygens (including phenoxy) is 2. The minimum absolute atomic E-state index is 0. The summed E-state index contributed by atoms with van der Waals surface area (Å²) in [5.41, 5.74) is 6.42. The minimum atomic E-state index is -3.54. The summed E-state index contributed by atoms with van der Waals surface area (Å²) < 4.78 is 37.1. The van der Waals surface area contributed by atoms with Crippen molar-refractivity contribution >= 4 is 22.4 Å². The fourth-order valence-corrected chi connectivity index (χ4v) is 4.08. The lowest BCUT2D eigenvalue weighted by Crippen LogP contribution is -2.32. The maximum atomic E-state index is 12.6. The lowest BCUT2D eigenvalue weighted by atomic mass is 10.2. The van der Waals surface area contributed by atoms with Gasteiger partial charge in [0, 0.05) is 25.2 Å². The SMILES string of the molecule is COc1cc(C)c(S(=O)(=O)N2CC[C@@H](N)C2)cc1OC.Cl. The first-order valence-electron chi connectivity index (χ1n) is 6.38. The van der Waals surface area contributed by atoms with E-state index in [0.29, 0.717) is 36.6 Å². The van der Waals surface area contributed by atoms with Crippen molar-refractivity contribution in [3.05, 3.63) is 17.7 Å². The van der Waals surface area contributed by atoms with Crippen molar-refractivity contribution in [3.63, 3.8) is 0 Å². The van der Waals surface area contributed by atoms with Gasteiger partial charge in [-0.25, -0.2) is 8.42 Å². The molecule has 8 heteroatoms. The summed E-state index contributed by atoms with van der Waals surface area (Å²) >= 11 is 0. The number of hydrogen-bond acceptors (Lipinski definition) is 5. The Labute approximate surface area is 131 Å². The average molecular weight is 337 g/mol. The van der Waals surface area contributed by atoms with Crippen LogP contribution in [-0.4, -0.2) is 46.1 Å². The van der Waals surface area contributed by atoms with Crippen molar-refractivity contribution in [3.8, 4) is 11.5 Å². The quantitative estimate of drug-likeness (QED) is 0.892. The van der Waals surface area contributed by atoms with E-state index >= 15 is 0 Å². The molecule has 0 amide bonds. The van der Waals surface area contributed by atoms with Crippen LogP contribution in [0.15, 0.2) is 17.0 Å². The van der Waals surface area contributed by atoms with Crippen LogP contribution in [0.5, 0.6) is 11.5 Å². The number of nitrogens with two attached hydrogens (primary N) is 1. The van der Waals surface area contributed by atoms with Gasteiger partial charge in [-0.2, -0.15) is 4.31 Å². The van der Waals surface area contributed by atoms with Crippen molar-refractivity contribution in [1.82, 2.24) is 4.31 Å². The van der Waals surface area contributed by atoms with Gasteiger partial charge in [0.2, 0.25) is 10.0 Å². The Balaban J connectivity index is 0.00000220. The average Bonchev–Trinajstić information content (AvgIpc) is 2.85. The molecule has 1 aliphatic heterocycles. The fraction of sp³-hybridized carbons (Fsp3) is 0.538. The smallest absolute Gasteiger partial charge is 0.243 e. The molecule has 0 aliphatic carbocycles. The lowest BCUT2D eigenvalue weighted by Gasteiger charge is -2.19. The molecule has 1 saturated heterocycles. The monoisotopic (exact) mass is 336 g/mol. The molecule has 2 N–H and O–H groups in total. The van der Waals surface area contributed by atoms with Crippen molar-refractivity contribution in [1.29, 1.82) is 0 Å². The number of benzene rings is 1. The fourth-order valence-electron chi connectivity index (χ4n) is 2.35. The molecular formula is C13H21ClN2O4S. The second kappa shape index (κ2) is 6.83. The molecule has 21 heavy (non-hydrogen) atoms. The van der Waals surface area contributed by atoms with Crippen LogP contribution in [0.3, 0.4) is 0 Å². The number of methoxy groups -OCH3 is 2. The highest BCUT2D eigenvalue weighted by Gasteiger charge is 2.32. The lowest BCUT2D eigenvalue weighted by molar-refractivity contribution is 0.353. The zero-order valence-electron chi connectivity index (χ0n) is 12.3. The van der Waals surface area contributed by atoms with E-state index in [9.17, 15) is 8.42 Å². The standard InChI is InChI=1S/C13H20N2O4S.ClH/c1-9-6-11(18-2)12(19-3)7-13(9)20(16,17)15-5-4-10(14)8-15;/h6-7,10H,4-5,8,14H2,1-3H3;1H/t10-;/m1./s1. The molecule has 2 rings (SSSR count). The van der Waals surface area contributed by atoms with Gasteiger partial charge in [0.1, 0.15) is 0 Å². The van der Waals surface area contributed by atoms with Gasteiger partial charge in [-0.1, -0.05) is 0 Å². The second-order valence-corrected chi connectivity index (χ2v) is 6.79. The summed E-state index contributed by atoms with van der Waals surface area (Å²) in [6, 6.07) is 3.08. The predicted molar refractivity (Wildman–Crippen MR) is 82.9 cm³/mol. The molecule has 0 aromatic heterocycles. The van der Waals surface area contributed by atoms with Crippen LogP contribution in [0.4, 0.5) is 0 Å². The van der Waals surface area contributed by atoms with E-state index in [-0.39, 0.29) is 23.3 Å². The first kappa shape index (κ1) is 18.0. The van der Waals surface area contributed by atoms with E-state index in [1.165, 1.54) is 24.6 Å². The number of aryl methyl sites for hydroxylation is 1. The van der Waals surface area contributed by atoms with Gasteiger partial charge in [-0.15, -0.1) is 12.4 Å². The molecule has 1 aromatic rings. The number of halogens is 1. The zero-order chi connectivity index (χ0) is 14.9. The highest BCUT2D eigenvalue weighted by atomic mass is 35.5. The first-order chi connectivity index (χ1) is 9.40. The highest BCUT2D eigenvalue weighted by molar-refractivity contribution is 7.89. The van der Waals surface area contributed by atoms with E-state index in [1.54, 1.807) is 13.0 Å². The first-order valence-corrected chi connectivity index (χ1v) is 7.82. The third kappa shape index (κ3) is 3.42. The number of sulfonamides is 1. The van der Waals surface area contributed by atoms with Crippen LogP contribution in [0.25, 0.3) is 0 Å². The molecule has 0 bridgehead atoms. The Morgan fingerprint density at radius 2 is 1.81 bits per heavy atom. The molecule has 0 radical (unpaired) electrons. The Hall–Kier alpha value is -1.02. The van der Waals surface area contributed by atoms with Crippen LogP contribution < -0.4 is 15.2 Å². The molecule has 1 aliphatic rings. The molecule has 0 spiro atoms. The summed E-state index contributed by atoms with van der Waals surface area (Å²) in [6.07, 6.45) is 0.686. The molecule has 6 nitrogen and oxygen atoms in total. The van der Waals surface area contributed by atoms with E-state index in [4.69, 9.17) is 15.2 Å². The third-order valence-corrected chi connectivity index (χ3v) is 5.49. The number of rotatable bonds is 4. The second-order valence-electron chi connectivity index (χ2n) is 4.88. The van der Waals surface area contributed by atoms with E-state index in [0.717, 1.165) is 0 Å². The summed E-state index contributed by atoms with van der Waals surface area (Å²) in [7, 11) is -0.542. The predicted octanol–water partition coefficient (Wildman–Crippen LogP) is 1.16. The Bertz CT molecular complexity index is 606. The van der Waals surface area contributed by atoms with E-state index in [2.05, 4.69) is 0 Å². The largest absolute Gasteiger partial charge is 0.493 e. The van der Waals surface area contributed by atoms with Gasteiger partial charge in [-0.3, -0.25) is 0 Å². The van der Waals surface area contributed by atoms with Crippen LogP contribution in [0, 0.1) is 6.92 Å². The zero-order valence-corrected chi connectivity index (χ0v) is 14.0. The van der Waals surface area contributed by atoms with Gasteiger partial charge < -0.3 is 15.2 Å². The summed E-state index contributed by atoms with van der Waals surface area (Å²) in [6.45, 7) is 2.55. The van der Waals surface area contributed by atoms with Crippen LogP contribution in [-0.2, 0) is 10.0 Å². The van der Waals surface area contributed by atoms with Gasteiger partial charge >= 0.3 is 0 Å². The maximum Gasteiger partial charge on any atom is 0.243 e. The Morgan fingerprint density at radius 1 is 1.24 bits per heavy atom.